The second-order valence-electron chi connectivity index (χ2n) is 9.71. The molecule has 8 heteroatoms. The van der Waals surface area contributed by atoms with E-state index in [9.17, 15) is 28.2 Å². The monoisotopic (exact) mass is 470 g/mol. The molecule has 0 aliphatic heterocycles. The summed E-state index contributed by atoms with van der Waals surface area (Å²) in [5.74, 6) is 0.0230. The number of hydrogen-bond donors (Lipinski definition) is 3. The van der Waals surface area contributed by atoms with E-state index >= 15 is 0 Å². The Morgan fingerprint density at radius 1 is 1.00 bits per heavy atom. The van der Waals surface area contributed by atoms with Gasteiger partial charge < -0.3 is 15.3 Å². The fraction of sp³-hybridized carbons (Fsp3) is 0.957. The van der Waals surface area contributed by atoms with Crippen LogP contribution in [0.2, 0.25) is 0 Å². The number of carbonyl (C=O) groups is 1. The average Bonchev–Trinajstić information content (AvgIpc) is 3.00. The lowest BCUT2D eigenvalue weighted by Gasteiger charge is -2.32. The predicted octanol–water partition coefficient (Wildman–Crippen LogP) is 6.18. The van der Waals surface area contributed by atoms with E-state index in [0.717, 1.165) is 38.5 Å². The van der Waals surface area contributed by atoms with Gasteiger partial charge in [-0.15, -0.1) is 0 Å². The smallest absolute Gasteiger partial charge is 0.389 e. The van der Waals surface area contributed by atoms with Crippen molar-refractivity contribution in [3.63, 3.8) is 0 Å². The first-order valence-corrected chi connectivity index (χ1v) is 12.7. The van der Waals surface area contributed by atoms with Gasteiger partial charge in [-0.25, -0.2) is 0 Å². The zero-order chi connectivity index (χ0) is 23.5. The van der Waals surface area contributed by atoms with E-state index in [1.807, 2.05) is 13.8 Å². The molecular formula is C23H41F3O4S. The summed E-state index contributed by atoms with van der Waals surface area (Å²) >= 11 is 1.71. The zero-order valence-electron chi connectivity index (χ0n) is 19.0. The molecule has 0 saturated heterocycles. The molecule has 0 aromatic heterocycles. The molecule has 1 saturated carbocycles. The van der Waals surface area contributed by atoms with Gasteiger partial charge in [-0.2, -0.15) is 24.9 Å². The van der Waals surface area contributed by atoms with Crippen LogP contribution in [0.4, 0.5) is 13.2 Å². The summed E-state index contributed by atoms with van der Waals surface area (Å²) in [5.41, 5.74) is -0.345. The SMILES string of the molecule is CC(C)(CCCCCC(F)(F)F)C(O)CSC1CCC(O)C1CCCCCCC(=O)O. The summed E-state index contributed by atoms with van der Waals surface area (Å²) in [5, 5.41) is 30.0. The molecule has 0 spiro atoms. The molecule has 0 amide bonds. The second kappa shape index (κ2) is 13.9. The number of rotatable bonds is 16. The maximum Gasteiger partial charge on any atom is 0.389 e. The molecule has 0 bridgehead atoms. The van der Waals surface area contributed by atoms with E-state index in [2.05, 4.69) is 0 Å². The van der Waals surface area contributed by atoms with Gasteiger partial charge in [0.1, 0.15) is 0 Å². The molecule has 1 rings (SSSR count). The van der Waals surface area contributed by atoms with Crippen molar-refractivity contribution in [3.05, 3.63) is 0 Å². The molecule has 1 aliphatic carbocycles. The lowest BCUT2D eigenvalue weighted by Crippen LogP contribution is -2.32. The Labute approximate surface area is 189 Å². The number of aliphatic hydroxyl groups is 2. The highest BCUT2D eigenvalue weighted by Gasteiger charge is 2.36. The molecular weight excluding hydrogens is 429 g/mol. The van der Waals surface area contributed by atoms with Crippen molar-refractivity contribution < 1.29 is 33.3 Å². The van der Waals surface area contributed by atoms with Crippen molar-refractivity contribution in [2.24, 2.45) is 11.3 Å². The first kappa shape index (κ1) is 28.6. The normalized spacial score (nSPS) is 23.3. The van der Waals surface area contributed by atoms with Crippen LogP contribution in [0.5, 0.6) is 0 Å². The number of unbranched alkanes of at least 4 members (excludes halogenated alkanes) is 5. The van der Waals surface area contributed by atoms with Crippen molar-refractivity contribution in [1.82, 2.24) is 0 Å². The summed E-state index contributed by atoms with van der Waals surface area (Å²) < 4.78 is 36.7. The van der Waals surface area contributed by atoms with Crippen molar-refractivity contribution in [2.45, 2.75) is 121 Å². The highest BCUT2D eigenvalue weighted by molar-refractivity contribution is 7.99. The second-order valence-corrected chi connectivity index (χ2v) is 11.0. The van der Waals surface area contributed by atoms with Crippen LogP contribution in [-0.4, -0.2) is 50.7 Å². The lowest BCUT2D eigenvalue weighted by molar-refractivity contribution is -0.137. The Bertz CT molecular complexity index is 514. The first-order valence-electron chi connectivity index (χ1n) is 11.7. The number of carboxylic acids is 1. The van der Waals surface area contributed by atoms with E-state index in [4.69, 9.17) is 5.11 Å². The number of halogens is 3. The minimum Gasteiger partial charge on any atom is -0.481 e. The Morgan fingerprint density at radius 2 is 1.61 bits per heavy atom. The molecule has 0 aromatic carbocycles. The van der Waals surface area contributed by atoms with Gasteiger partial charge in [-0.3, -0.25) is 4.79 Å². The number of thioether (sulfide) groups is 1. The van der Waals surface area contributed by atoms with Gasteiger partial charge in [0, 0.05) is 23.8 Å². The Balaban J connectivity index is 2.30. The van der Waals surface area contributed by atoms with Crippen LogP contribution in [0.15, 0.2) is 0 Å². The minimum atomic E-state index is -4.09. The molecule has 3 N–H and O–H groups in total. The maximum absolute atomic E-state index is 12.2. The van der Waals surface area contributed by atoms with Gasteiger partial charge in [0.25, 0.3) is 0 Å². The third kappa shape index (κ3) is 12.4. The highest BCUT2D eigenvalue weighted by atomic mass is 32.2. The van der Waals surface area contributed by atoms with E-state index in [1.54, 1.807) is 11.8 Å². The Kier molecular flexibility index (Phi) is 12.8. The van der Waals surface area contributed by atoms with Gasteiger partial charge in [-0.1, -0.05) is 46.0 Å². The fourth-order valence-corrected chi connectivity index (χ4v) is 6.04. The van der Waals surface area contributed by atoms with Crippen LogP contribution in [0.25, 0.3) is 0 Å². The van der Waals surface area contributed by atoms with Crippen LogP contribution in [0, 0.1) is 11.3 Å². The summed E-state index contributed by atoms with van der Waals surface area (Å²) in [6.07, 6.45) is 2.73. The maximum atomic E-state index is 12.2. The molecule has 1 aliphatic rings. The molecule has 1 fully saturated rings. The molecule has 31 heavy (non-hydrogen) atoms. The molecule has 0 aromatic rings. The number of aliphatic carboxylic acids is 1. The standard InChI is InChI=1S/C23H41F3O4S/c1-22(2,14-8-5-9-15-23(24,25)26)20(28)16-31-19-13-12-18(27)17(19)10-6-3-4-7-11-21(29)30/h17-20,27-28H,3-16H2,1-2H3,(H,29,30). The number of carboxylic acid groups (broad SMARTS) is 1. The van der Waals surface area contributed by atoms with Gasteiger partial charge in [0.2, 0.25) is 0 Å². The highest BCUT2D eigenvalue weighted by Crippen LogP contribution is 2.40. The van der Waals surface area contributed by atoms with Gasteiger partial charge in [0.15, 0.2) is 0 Å². The van der Waals surface area contributed by atoms with Crippen molar-refractivity contribution in [3.8, 4) is 0 Å². The first-order chi connectivity index (χ1) is 14.4. The van der Waals surface area contributed by atoms with E-state index < -0.39 is 24.7 Å². The molecule has 4 atom stereocenters. The van der Waals surface area contributed by atoms with Crippen LogP contribution in [0.3, 0.4) is 0 Å². The quantitative estimate of drug-likeness (QED) is 0.235. The Morgan fingerprint density at radius 3 is 2.26 bits per heavy atom. The predicted molar refractivity (Wildman–Crippen MR) is 119 cm³/mol. The molecule has 4 nitrogen and oxygen atoms in total. The largest absolute Gasteiger partial charge is 0.481 e. The summed E-state index contributed by atoms with van der Waals surface area (Å²) in [4.78, 5) is 10.6. The van der Waals surface area contributed by atoms with Gasteiger partial charge in [0.05, 0.1) is 12.2 Å². The van der Waals surface area contributed by atoms with E-state index in [-0.39, 0.29) is 30.3 Å². The Hall–Kier alpha value is -0.470. The zero-order valence-corrected chi connectivity index (χ0v) is 19.8. The van der Waals surface area contributed by atoms with Crippen LogP contribution < -0.4 is 0 Å². The number of hydrogen-bond acceptors (Lipinski definition) is 4. The fourth-order valence-electron chi connectivity index (χ4n) is 4.30. The molecule has 4 unspecified atom stereocenters. The topological polar surface area (TPSA) is 77.8 Å². The van der Waals surface area contributed by atoms with Crippen LogP contribution >= 0.6 is 11.8 Å². The number of alkyl halides is 3. The minimum absolute atomic E-state index is 0.141. The molecule has 0 radical (unpaired) electrons. The van der Waals surface area contributed by atoms with Crippen molar-refractivity contribution in [2.75, 3.05) is 5.75 Å². The third-order valence-electron chi connectivity index (χ3n) is 6.55. The van der Waals surface area contributed by atoms with Crippen molar-refractivity contribution >= 4 is 17.7 Å². The average molecular weight is 471 g/mol. The van der Waals surface area contributed by atoms with Gasteiger partial charge in [-0.05, 0) is 49.9 Å². The summed E-state index contributed by atoms with van der Waals surface area (Å²) in [6.45, 7) is 3.94. The summed E-state index contributed by atoms with van der Waals surface area (Å²) in [7, 11) is 0. The van der Waals surface area contributed by atoms with Crippen LogP contribution in [0.1, 0.15) is 97.3 Å². The molecule has 184 valence electrons. The third-order valence-corrected chi connectivity index (χ3v) is 8.07. The molecule has 0 heterocycles. The van der Waals surface area contributed by atoms with Crippen molar-refractivity contribution in [1.29, 1.82) is 0 Å². The van der Waals surface area contributed by atoms with E-state index in [0.29, 0.717) is 36.7 Å². The summed E-state index contributed by atoms with van der Waals surface area (Å²) in [6, 6.07) is 0. The van der Waals surface area contributed by atoms with E-state index in [1.165, 1.54) is 0 Å². The number of aliphatic hydroxyl groups excluding tert-OH is 2. The van der Waals surface area contributed by atoms with Gasteiger partial charge >= 0.3 is 12.1 Å². The lowest BCUT2D eigenvalue weighted by atomic mass is 9.82. The van der Waals surface area contributed by atoms with Crippen LogP contribution in [-0.2, 0) is 4.79 Å².